The molecule has 0 aliphatic carbocycles. The molecular weight excluding hydrogens is 804 g/mol. The molecule has 1 aromatic heterocycles. The lowest BCUT2D eigenvalue weighted by molar-refractivity contribution is -0.347. The van der Waals surface area contributed by atoms with Crippen molar-refractivity contribution in [3.63, 3.8) is 0 Å². The van der Waals surface area contributed by atoms with Crippen molar-refractivity contribution in [2.75, 3.05) is 6.61 Å². The first-order chi connectivity index (χ1) is 29.2. The van der Waals surface area contributed by atoms with Gasteiger partial charge in [0, 0.05) is 31.5 Å². The van der Waals surface area contributed by atoms with Gasteiger partial charge < -0.3 is 70.4 Å². The second kappa shape index (κ2) is 25.4. The normalized spacial score (nSPS) is 33.3. The largest absolute Gasteiger partial charge is 0.394 e. The van der Waals surface area contributed by atoms with Crippen LogP contribution in [0.5, 0.6) is 0 Å². The molecule has 3 aliphatic rings. The standard InChI is InChI=1S/C41H70N4O16/c1-3-5-7-9-11-13-15-17-26(48)42-29-33(53)31(51)24(21-23(47)37-35(55)36(56)38(60-37)45-20-19-28(50)44-41(45)57)58-39(29)61-40-30(34(54)32(52)25(22-46)59-40)43-27(49)18-16-14-12-10-8-6-4-2/h19-20,23-25,29-40,46-47,51-56H,3-18,21-22H2,1-2H3,(H,42,48)(H,43,49)(H,44,50,57)/t23-,24-,25-,29-,30-,31+,32-,33-,34-,35+,36-,37+,38-,39+,40-/m1/s1. The minimum Gasteiger partial charge on any atom is -0.394 e. The van der Waals surface area contributed by atoms with Gasteiger partial charge in [0.2, 0.25) is 11.8 Å². The van der Waals surface area contributed by atoms with Crippen molar-refractivity contribution in [3.8, 4) is 0 Å². The minimum atomic E-state index is -1.82. The first kappa shape index (κ1) is 50.8. The molecule has 0 saturated carbocycles. The van der Waals surface area contributed by atoms with E-state index in [4.69, 9.17) is 18.9 Å². The Morgan fingerprint density at radius 2 is 1.16 bits per heavy atom. The van der Waals surface area contributed by atoms with Crippen molar-refractivity contribution in [1.29, 1.82) is 0 Å². The molecule has 11 N–H and O–H groups in total. The zero-order valence-electron chi connectivity index (χ0n) is 35.3. The molecule has 0 bridgehead atoms. The Hall–Kier alpha value is -2.86. The average Bonchev–Trinajstić information content (AvgIpc) is 3.52. The summed E-state index contributed by atoms with van der Waals surface area (Å²) in [6, 6.07) is -1.93. The molecule has 0 unspecified atom stereocenters. The molecule has 2 amide bonds. The number of aromatic amines is 1. The predicted molar refractivity (Wildman–Crippen MR) is 216 cm³/mol. The topological polar surface area (TPSA) is 312 Å². The molecule has 4 rings (SSSR count). The number of carbonyl (C=O) groups is 2. The molecule has 3 fully saturated rings. The summed E-state index contributed by atoms with van der Waals surface area (Å²) in [6.07, 6.45) is -7.74. The van der Waals surface area contributed by atoms with E-state index in [0.717, 1.165) is 93.9 Å². The van der Waals surface area contributed by atoms with Gasteiger partial charge in [-0.2, -0.15) is 0 Å². The lowest BCUT2D eigenvalue weighted by atomic mass is 9.91. The fourth-order valence-corrected chi connectivity index (χ4v) is 8.11. The smallest absolute Gasteiger partial charge is 0.330 e. The molecular formula is C41H70N4O16. The molecule has 350 valence electrons. The first-order valence-corrected chi connectivity index (χ1v) is 22.1. The Morgan fingerprint density at radius 3 is 1.66 bits per heavy atom. The van der Waals surface area contributed by atoms with Crippen LogP contribution < -0.4 is 21.9 Å². The van der Waals surface area contributed by atoms with Crippen LogP contribution in [0, 0.1) is 0 Å². The van der Waals surface area contributed by atoms with Crippen molar-refractivity contribution < 1.29 is 69.4 Å². The van der Waals surface area contributed by atoms with E-state index < -0.39 is 128 Å². The maximum atomic E-state index is 13.3. The number of hydrogen-bond acceptors (Lipinski definition) is 16. The summed E-state index contributed by atoms with van der Waals surface area (Å²) in [7, 11) is 0. The number of unbranched alkanes of at least 4 members (excludes halogenated alkanes) is 12. The molecule has 20 heteroatoms. The van der Waals surface area contributed by atoms with Crippen LogP contribution in [0.25, 0.3) is 0 Å². The number of ether oxygens (including phenoxy) is 4. The van der Waals surface area contributed by atoms with E-state index in [1.807, 2.05) is 4.98 Å². The van der Waals surface area contributed by atoms with Gasteiger partial charge in [0.1, 0.15) is 60.9 Å². The highest BCUT2D eigenvalue weighted by Crippen LogP contribution is 2.34. The third-order valence-electron chi connectivity index (χ3n) is 11.8. The summed E-state index contributed by atoms with van der Waals surface area (Å²) in [4.78, 5) is 52.4. The summed E-state index contributed by atoms with van der Waals surface area (Å²) in [5.41, 5.74) is -1.67. The van der Waals surface area contributed by atoms with Gasteiger partial charge in [-0.3, -0.25) is 23.9 Å². The van der Waals surface area contributed by atoms with Gasteiger partial charge in [-0.1, -0.05) is 90.9 Å². The third-order valence-corrected chi connectivity index (χ3v) is 11.8. The molecule has 3 aliphatic heterocycles. The quantitative estimate of drug-likeness (QED) is 0.0529. The number of aromatic nitrogens is 2. The van der Waals surface area contributed by atoms with Gasteiger partial charge in [0.15, 0.2) is 18.8 Å². The Balaban J connectivity index is 1.52. The molecule has 4 heterocycles. The number of carbonyl (C=O) groups excluding carboxylic acids is 2. The maximum absolute atomic E-state index is 13.3. The minimum absolute atomic E-state index is 0.0649. The number of aliphatic hydroxyl groups is 8. The number of nitrogens with zero attached hydrogens (tertiary/aromatic N) is 1. The van der Waals surface area contributed by atoms with Crippen molar-refractivity contribution in [3.05, 3.63) is 33.1 Å². The van der Waals surface area contributed by atoms with Gasteiger partial charge in [0.05, 0.1) is 18.8 Å². The molecule has 61 heavy (non-hydrogen) atoms. The van der Waals surface area contributed by atoms with E-state index >= 15 is 0 Å². The van der Waals surface area contributed by atoms with Gasteiger partial charge in [-0.05, 0) is 12.8 Å². The van der Waals surface area contributed by atoms with E-state index in [0.29, 0.717) is 12.8 Å². The van der Waals surface area contributed by atoms with E-state index in [1.165, 1.54) is 0 Å². The average molecular weight is 875 g/mol. The summed E-state index contributed by atoms with van der Waals surface area (Å²) in [5, 5.41) is 93.0. The van der Waals surface area contributed by atoms with Gasteiger partial charge in [-0.15, -0.1) is 0 Å². The van der Waals surface area contributed by atoms with E-state index in [1.54, 1.807) is 0 Å². The summed E-state index contributed by atoms with van der Waals surface area (Å²) < 4.78 is 24.6. The van der Waals surface area contributed by atoms with Crippen molar-refractivity contribution >= 4 is 11.8 Å². The van der Waals surface area contributed by atoms with Crippen LogP contribution in [0.15, 0.2) is 21.9 Å². The van der Waals surface area contributed by atoms with E-state index in [2.05, 4.69) is 24.5 Å². The monoisotopic (exact) mass is 874 g/mol. The van der Waals surface area contributed by atoms with Crippen LogP contribution in [0.3, 0.4) is 0 Å². The Kier molecular flexibility index (Phi) is 21.2. The zero-order valence-corrected chi connectivity index (χ0v) is 35.3. The third kappa shape index (κ3) is 14.3. The van der Waals surface area contributed by atoms with Gasteiger partial charge in [0.25, 0.3) is 5.56 Å². The number of H-pyrrole nitrogens is 1. The Morgan fingerprint density at radius 1 is 0.689 bits per heavy atom. The molecule has 0 radical (unpaired) electrons. The van der Waals surface area contributed by atoms with Gasteiger partial charge >= 0.3 is 5.69 Å². The Labute approximate surface area is 355 Å². The second-order valence-corrected chi connectivity index (χ2v) is 16.6. The number of amides is 2. The lowest BCUT2D eigenvalue weighted by Gasteiger charge is -2.47. The van der Waals surface area contributed by atoms with Crippen LogP contribution in [0.4, 0.5) is 0 Å². The zero-order chi connectivity index (χ0) is 44.6. The highest BCUT2D eigenvalue weighted by molar-refractivity contribution is 5.76. The molecule has 15 atom stereocenters. The number of aliphatic hydroxyl groups excluding tert-OH is 8. The number of rotatable bonds is 25. The van der Waals surface area contributed by atoms with Crippen LogP contribution >= 0.6 is 0 Å². The van der Waals surface area contributed by atoms with Crippen molar-refractivity contribution in [2.45, 2.75) is 215 Å². The number of nitrogens with one attached hydrogen (secondary N) is 3. The molecule has 20 nitrogen and oxygen atoms in total. The fraction of sp³-hybridized carbons (Fsp3) is 0.854. The van der Waals surface area contributed by atoms with E-state index in [9.17, 15) is 60.0 Å². The fourth-order valence-electron chi connectivity index (χ4n) is 8.11. The van der Waals surface area contributed by atoms with Gasteiger partial charge in [-0.25, -0.2) is 4.79 Å². The van der Waals surface area contributed by atoms with Crippen molar-refractivity contribution in [2.24, 2.45) is 0 Å². The van der Waals surface area contributed by atoms with Crippen molar-refractivity contribution in [1.82, 2.24) is 20.2 Å². The summed E-state index contributed by atoms with van der Waals surface area (Å²) in [5.74, 6) is -0.988. The molecule has 3 saturated heterocycles. The first-order valence-electron chi connectivity index (χ1n) is 22.1. The molecule has 0 aromatic carbocycles. The van der Waals surface area contributed by atoms with Crippen LogP contribution in [0.2, 0.25) is 0 Å². The van der Waals surface area contributed by atoms with E-state index in [-0.39, 0.29) is 12.8 Å². The second-order valence-electron chi connectivity index (χ2n) is 16.6. The highest BCUT2D eigenvalue weighted by Gasteiger charge is 2.53. The predicted octanol–water partition coefficient (Wildman–Crippen LogP) is -0.940. The Bertz CT molecular complexity index is 1580. The lowest BCUT2D eigenvalue weighted by Crippen LogP contribution is -2.69. The highest BCUT2D eigenvalue weighted by atomic mass is 16.8. The SMILES string of the molecule is CCCCCCCCCC(=O)N[C@H]1[C@H](O[C@H]2O[C@H](CO)[C@@H](O)[C@H](O)[C@H]2NC(=O)CCCCCCCCC)O[C@H](C[C@@H](O)[C@@H]2O[C@@H](n3ccc(=O)[nH]c3=O)[C@H](O)[C@@H]2O)[C@H](O)[C@@H]1O. The van der Waals surface area contributed by atoms with Crippen LogP contribution in [-0.2, 0) is 28.5 Å². The maximum Gasteiger partial charge on any atom is 0.330 e. The molecule has 1 aromatic rings. The summed E-state index contributed by atoms with van der Waals surface area (Å²) in [6.45, 7) is 3.48. The summed E-state index contributed by atoms with van der Waals surface area (Å²) >= 11 is 0. The number of hydrogen-bond donors (Lipinski definition) is 11. The molecule has 0 spiro atoms. The van der Waals surface area contributed by atoms with Crippen LogP contribution in [0.1, 0.15) is 129 Å². The van der Waals surface area contributed by atoms with Crippen LogP contribution in [-0.4, -0.2) is 155 Å².